The van der Waals surface area contributed by atoms with Crippen molar-refractivity contribution in [2.24, 2.45) is 0 Å². The molecule has 3 N–H and O–H groups in total. The monoisotopic (exact) mass is 393 g/mol. The van der Waals surface area contributed by atoms with Crippen molar-refractivity contribution in [1.82, 2.24) is 10.6 Å². The molecule has 0 aliphatic carbocycles. The summed E-state index contributed by atoms with van der Waals surface area (Å²) in [6, 6.07) is 10.3. The molecule has 3 amide bonds. The van der Waals surface area contributed by atoms with E-state index < -0.39 is 0 Å². The second-order valence-corrected chi connectivity index (χ2v) is 6.54. The Kier molecular flexibility index (Phi) is 7.30. The Morgan fingerprint density at radius 3 is 2.42 bits per heavy atom. The van der Waals surface area contributed by atoms with Crippen molar-refractivity contribution < 1.29 is 9.59 Å². The van der Waals surface area contributed by atoms with E-state index in [0.717, 1.165) is 23.2 Å². The summed E-state index contributed by atoms with van der Waals surface area (Å²) < 4.78 is 0. The lowest BCUT2D eigenvalue weighted by molar-refractivity contribution is 0.0954. The van der Waals surface area contributed by atoms with Gasteiger partial charge in [0.25, 0.3) is 5.91 Å². The Morgan fingerprint density at radius 1 is 1.00 bits per heavy atom. The number of hydrogen-bond donors (Lipinski definition) is 3. The van der Waals surface area contributed by atoms with Crippen LogP contribution in [0.4, 0.5) is 10.5 Å². The minimum absolute atomic E-state index is 0.280. The summed E-state index contributed by atoms with van der Waals surface area (Å²) in [5.41, 5.74) is 3.32. The van der Waals surface area contributed by atoms with Crippen LogP contribution in [-0.4, -0.2) is 25.0 Å². The molecular formula is C19H21Cl2N3O2. The third kappa shape index (κ3) is 5.38. The number of aryl methyl sites for hydroxylation is 2. The predicted molar refractivity (Wildman–Crippen MR) is 106 cm³/mol. The summed E-state index contributed by atoms with van der Waals surface area (Å²) in [6.07, 6.45) is 0.830. The van der Waals surface area contributed by atoms with Gasteiger partial charge in [0.2, 0.25) is 0 Å². The molecule has 0 saturated carbocycles. The Balaban J connectivity index is 1.80. The number of urea groups is 1. The molecule has 138 valence electrons. The molecule has 2 rings (SSSR count). The second kappa shape index (κ2) is 9.46. The van der Waals surface area contributed by atoms with Crippen LogP contribution in [0.25, 0.3) is 0 Å². The van der Waals surface area contributed by atoms with Crippen LogP contribution in [-0.2, 0) is 6.42 Å². The van der Waals surface area contributed by atoms with E-state index in [-0.39, 0.29) is 11.9 Å². The topological polar surface area (TPSA) is 70.2 Å². The van der Waals surface area contributed by atoms with Crippen molar-refractivity contribution in [1.29, 1.82) is 0 Å². The van der Waals surface area contributed by atoms with E-state index in [2.05, 4.69) is 16.0 Å². The highest BCUT2D eigenvalue weighted by atomic mass is 35.5. The van der Waals surface area contributed by atoms with Crippen molar-refractivity contribution in [3.63, 3.8) is 0 Å². The Hall–Kier alpha value is -2.24. The number of nitrogens with one attached hydrogen (secondary N) is 3. The standard InChI is InChI=1S/C19H21Cl2N3O2/c1-3-13-6-4-5-12(2)17(13)24-19(26)23-10-9-22-18(25)14-7-8-15(20)16(21)11-14/h4-8,11H,3,9-10H2,1-2H3,(H,22,25)(H2,23,24,26). The van der Waals surface area contributed by atoms with Gasteiger partial charge in [-0.15, -0.1) is 0 Å². The summed E-state index contributed by atoms with van der Waals surface area (Å²) in [5.74, 6) is -0.280. The normalized spacial score (nSPS) is 10.3. The van der Waals surface area contributed by atoms with E-state index >= 15 is 0 Å². The minimum Gasteiger partial charge on any atom is -0.350 e. The predicted octanol–water partition coefficient (Wildman–Crippen LogP) is 4.42. The van der Waals surface area contributed by atoms with Gasteiger partial charge >= 0.3 is 6.03 Å². The molecular weight excluding hydrogens is 373 g/mol. The largest absolute Gasteiger partial charge is 0.350 e. The number of hydrogen-bond acceptors (Lipinski definition) is 2. The Labute approximate surface area is 163 Å². The molecule has 2 aromatic carbocycles. The molecule has 0 saturated heterocycles. The fourth-order valence-corrected chi connectivity index (χ4v) is 2.75. The lowest BCUT2D eigenvalue weighted by Gasteiger charge is -2.14. The highest BCUT2D eigenvalue weighted by molar-refractivity contribution is 6.42. The van der Waals surface area contributed by atoms with Gasteiger partial charge in [-0.3, -0.25) is 4.79 Å². The molecule has 0 heterocycles. The van der Waals surface area contributed by atoms with E-state index in [1.54, 1.807) is 12.1 Å². The fourth-order valence-electron chi connectivity index (χ4n) is 2.45. The maximum atomic E-state index is 12.1. The number of anilines is 1. The van der Waals surface area contributed by atoms with Gasteiger partial charge in [0.05, 0.1) is 10.0 Å². The second-order valence-electron chi connectivity index (χ2n) is 5.73. The number of para-hydroxylation sites is 1. The van der Waals surface area contributed by atoms with Crippen LogP contribution in [0.5, 0.6) is 0 Å². The van der Waals surface area contributed by atoms with E-state index in [1.165, 1.54) is 6.07 Å². The summed E-state index contributed by atoms with van der Waals surface area (Å²) in [6.45, 7) is 4.58. The van der Waals surface area contributed by atoms with Crippen molar-refractivity contribution in [2.45, 2.75) is 20.3 Å². The molecule has 0 aliphatic rings. The molecule has 0 fully saturated rings. The summed E-state index contributed by atoms with van der Waals surface area (Å²) in [7, 11) is 0. The number of halogens is 2. The average Bonchev–Trinajstić information content (AvgIpc) is 2.62. The van der Waals surface area contributed by atoms with E-state index in [1.807, 2.05) is 32.0 Å². The van der Waals surface area contributed by atoms with Crippen LogP contribution in [0, 0.1) is 6.92 Å². The third-order valence-electron chi connectivity index (χ3n) is 3.86. The molecule has 0 unspecified atom stereocenters. The molecule has 5 nitrogen and oxygen atoms in total. The first-order valence-corrected chi connectivity index (χ1v) is 9.04. The fraction of sp³-hybridized carbons (Fsp3) is 0.263. The van der Waals surface area contributed by atoms with Gasteiger partial charge in [-0.25, -0.2) is 4.79 Å². The van der Waals surface area contributed by atoms with Crippen molar-refractivity contribution in [3.8, 4) is 0 Å². The van der Waals surface area contributed by atoms with Crippen LogP contribution in [0.15, 0.2) is 36.4 Å². The average molecular weight is 394 g/mol. The van der Waals surface area contributed by atoms with Crippen molar-refractivity contribution in [2.75, 3.05) is 18.4 Å². The molecule has 0 atom stereocenters. The number of rotatable bonds is 6. The first kappa shape index (κ1) is 20.1. The highest BCUT2D eigenvalue weighted by Gasteiger charge is 2.09. The number of benzene rings is 2. The molecule has 0 aliphatic heterocycles. The SMILES string of the molecule is CCc1cccc(C)c1NC(=O)NCCNC(=O)c1ccc(Cl)c(Cl)c1. The quantitative estimate of drug-likeness (QED) is 0.635. The summed E-state index contributed by atoms with van der Waals surface area (Å²) in [4.78, 5) is 24.1. The summed E-state index contributed by atoms with van der Waals surface area (Å²) in [5, 5.41) is 9.02. The third-order valence-corrected chi connectivity index (χ3v) is 4.60. The Morgan fingerprint density at radius 2 is 1.73 bits per heavy atom. The van der Waals surface area contributed by atoms with E-state index in [4.69, 9.17) is 23.2 Å². The Bertz CT molecular complexity index is 809. The zero-order valence-corrected chi connectivity index (χ0v) is 16.2. The molecule has 0 spiro atoms. The van der Waals surface area contributed by atoms with Gasteiger partial charge in [-0.05, 0) is 42.7 Å². The van der Waals surface area contributed by atoms with Crippen LogP contribution in [0.2, 0.25) is 10.0 Å². The van der Waals surface area contributed by atoms with E-state index in [0.29, 0.717) is 28.7 Å². The maximum absolute atomic E-state index is 12.1. The van der Waals surface area contributed by atoms with Crippen molar-refractivity contribution in [3.05, 3.63) is 63.1 Å². The molecule has 0 bridgehead atoms. The maximum Gasteiger partial charge on any atom is 0.319 e. The van der Waals surface area contributed by atoms with Crippen LogP contribution in [0.1, 0.15) is 28.4 Å². The molecule has 0 radical (unpaired) electrons. The van der Waals surface area contributed by atoms with Gasteiger partial charge in [-0.2, -0.15) is 0 Å². The zero-order chi connectivity index (χ0) is 19.1. The molecule has 2 aromatic rings. The number of carbonyl (C=O) groups is 2. The highest BCUT2D eigenvalue weighted by Crippen LogP contribution is 2.22. The molecule has 26 heavy (non-hydrogen) atoms. The molecule has 7 heteroatoms. The number of carbonyl (C=O) groups excluding carboxylic acids is 2. The van der Waals surface area contributed by atoms with Gasteiger partial charge < -0.3 is 16.0 Å². The van der Waals surface area contributed by atoms with Gasteiger partial charge in [0.1, 0.15) is 0 Å². The van der Waals surface area contributed by atoms with E-state index in [9.17, 15) is 9.59 Å². The van der Waals surface area contributed by atoms with Gasteiger partial charge in [0.15, 0.2) is 0 Å². The minimum atomic E-state index is -0.308. The lowest BCUT2D eigenvalue weighted by Crippen LogP contribution is -2.37. The van der Waals surface area contributed by atoms with Crippen LogP contribution in [0.3, 0.4) is 0 Å². The molecule has 0 aromatic heterocycles. The van der Waals surface area contributed by atoms with Gasteiger partial charge in [-0.1, -0.05) is 48.3 Å². The van der Waals surface area contributed by atoms with Gasteiger partial charge in [0, 0.05) is 24.3 Å². The van der Waals surface area contributed by atoms with Crippen LogP contribution >= 0.6 is 23.2 Å². The first-order valence-electron chi connectivity index (χ1n) is 8.29. The van der Waals surface area contributed by atoms with Crippen molar-refractivity contribution >= 4 is 40.8 Å². The smallest absolute Gasteiger partial charge is 0.319 e. The lowest BCUT2D eigenvalue weighted by atomic mass is 10.1. The number of amides is 3. The zero-order valence-electron chi connectivity index (χ0n) is 14.7. The van der Waals surface area contributed by atoms with Crippen LogP contribution < -0.4 is 16.0 Å². The summed E-state index contributed by atoms with van der Waals surface area (Å²) >= 11 is 11.7. The first-order chi connectivity index (χ1) is 12.4.